The number of nitrogens with zero attached hydrogens (tertiary/aromatic N) is 1. The molecule has 5 heteroatoms. The first-order valence-electron chi connectivity index (χ1n) is 5.01. The van der Waals surface area contributed by atoms with E-state index in [1.54, 1.807) is 29.8 Å². The van der Waals surface area contributed by atoms with Gasteiger partial charge in [-0.05, 0) is 13.1 Å². The Labute approximate surface area is 103 Å². The second-order valence-electron chi connectivity index (χ2n) is 3.36. The highest BCUT2D eigenvalue weighted by Gasteiger charge is 2.14. The molecule has 0 amide bonds. The van der Waals surface area contributed by atoms with E-state index >= 15 is 0 Å². The Kier molecular flexibility index (Phi) is 3.93. The van der Waals surface area contributed by atoms with Crippen molar-refractivity contribution in [3.63, 3.8) is 0 Å². The molecule has 2 rings (SSSR count). The molecule has 0 fully saturated rings. The van der Waals surface area contributed by atoms with Gasteiger partial charge in [-0.2, -0.15) is 0 Å². The van der Waals surface area contributed by atoms with Gasteiger partial charge in [0.05, 0.1) is 12.1 Å². The van der Waals surface area contributed by atoms with Gasteiger partial charge >= 0.3 is 0 Å². The van der Waals surface area contributed by atoms with Crippen LogP contribution in [0.3, 0.4) is 0 Å². The minimum Gasteiger partial charge on any atom is -0.496 e. The highest BCUT2D eigenvalue weighted by Crippen LogP contribution is 2.29. The molecular weight excluding hydrogens is 240 g/mol. The van der Waals surface area contributed by atoms with Crippen LogP contribution < -0.4 is 10.1 Å². The standard InChI is InChI=1S/C11H14N2OS2/c1-12-9(6-11-13-3-4-15-11)10-5-8(14-2)7-16-10/h3-5,7,9,12H,6H2,1-2H3. The fourth-order valence-corrected chi connectivity index (χ4v) is 3.13. The molecule has 0 aliphatic carbocycles. The number of hydrogen-bond acceptors (Lipinski definition) is 5. The number of thiophene rings is 1. The van der Waals surface area contributed by atoms with E-state index in [1.807, 2.05) is 24.0 Å². The fourth-order valence-electron chi connectivity index (χ4n) is 1.50. The second-order valence-corrected chi connectivity index (χ2v) is 5.28. The van der Waals surface area contributed by atoms with E-state index in [2.05, 4.69) is 16.4 Å². The van der Waals surface area contributed by atoms with Gasteiger partial charge in [0.2, 0.25) is 0 Å². The van der Waals surface area contributed by atoms with Gasteiger partial charge in [0.1, 0.15) is 5.75 Å². The van der Waals surface area contributed by atoms with Crippen LogP contribution in [0.15, 0.2) is 23.0 Å². The van der Waals surface area contributed by atoms with E-state index in [9.17, 15) is 0 Å². The van der Waals surface area contributed by atoms with E-state index in [0.717, 1.165) is 17.2 Å². The van der Waals surface area contributed by atoms with Gasteiger partial charge in [0, 0.05) is 34.3 Å². The summed E-state index contributed by atoms with van der Waals surface area (Å²) in [6.07, 6.45) is 2.78. The van der Waals surface area contributed by atoms with Crippen molar-refractivity contribution in [1.82, 2.24) is 10.3 Å². The van der Waals surface area contributed by atoms with Gasteiger partial charge in [-0.1, -0.05) is 0 Å². The molecule has 0 radical (unpaired) electrons. The average molecular weight is 254 g/mol. The monoisotopic (exact) mass is 254 g/mol. The number of ether oxygens (including phenoxy) is 1. The van der Waals surface area contributed by atoms with Gasteiger partial charge in [-0.15, -0.1) is 22.7 Å². The van der Waals surface area contributed by atoms with Crippen LogP contribution in [0.25, 0.3) is 0 Å². The van der Waals surface area contributed by atoms with Crippen LogP contribution in [0.4, 0.5) is 0 Å². The molecule has 0 aliphatic rings. The lowest BCUT2D eigenvalue weighted by Gasteiger charge is -2.12. The summed E-state index contributed by atoms with van der Waals surface area (Å²) >= 11 is 3.41. The molecule has 0 bridgehead atoms. The third-order valence-electron chi connectivity index (χ3n) is 2.39. The topological polar surface area (TPSA) is 34.2 Å². The normalized spacial score (nSPS) is 12.6. The lowest BCUT2D eigenvalue weighted by molar-refractivity contribution is 0.416. The maximum Gasteiger partial charge on any atom is 0.129 e. The third kappa shape index (κ3) is 2.61. The molecule has 0 aromatic carbocycles. The molecule has 0 saturated heterocycles. The van der Waals surface area contributed by atoms with Crippen LogP contribution >= 0.6 is 22.7 Å². The lowest BCUT2D eigenvalue weighted by Crippen LogP contribution is -2.17. The first-order valence-corrected chi connectivity index (χ1v) is 6.77. The minimum atomic E-state index is 0.319. The summed E-state index contributed by atoms with van der Waals surface area (Å²) in [6.45, 7) is 0. The summed E-state index contributed by atoms with van der Waals surface area (Å²) in [7, 11) is 3.67. The summed E-state index contributed by atoms with van der Waals surface area (Å²) in [5, 5.41) is 8.51. The van der Waals surface area contributed by atoms with Crippen molar-refractivity contribution in [1.29, 1.82) is 0 Å². The highest BCUT2D eigenvalue weighted by atomic mass is 32.1. The summed E-state index contributed by atoms with van der Waals surface area (Å²) in [6, 6.07) is 2.40. The van der Waals surface area contributed by atoms with Crippen molar-refractivity contribution < 1.29 is 4.74 Å². The first kappa shape index (κ1) is 11.6. The number of methoxy groups -OCH3 is 1. The fraction of sp³-hybridized carbons (Fsp3) is 0.364. The number of rotatable bonds is 5. The van der Waals surface area contributed by atoms with E-state index in [1.165, 1.54) is 4.88 Å². The van der Waals surface area contributed by atoms with Crippen LogP contribution in [0.1, 0.15) is 15.9 Å². The summed E-state index contributed by atoms with van der Waals surface area (Å²) in [5.41, 5.74) is 0. The van der Waals surface area contributed by atoms with Crippen LogP contribution in [-0.2, 0) is 6.42 Å². The Bertz CT molecular complexity index is 425. The molecule has 0 spiro atoms. The Hall–Kier alpha value is -0.910. The average Bonchev–Trinajstić information content (AvgIpc) is 2.96. The number of nitrogens with one attached hydrogen (secondary N) is 1. The Morgan fingerprint density at radius 3 is 2.94 bits per heavy atom. The maximum absolute atomic E-state index is 5.19. The zero-order valence-corrected chi connectivity index (χ0v) is 10.9. The van der Waals surface area contributed by atoms with Gasteiger partial charge in [0.25, 0.3) is 0 Å². The maximum atomic E-state index is 5.19. The SMILES string of the molecule is CNC(Cc1nccs1)c1cc(OC)cs1. The van der Waals surface area contributed by atoms with Crippen molar-refractivity contribution in [2.75, 3.05) is 14.2 Å². The Morgan fingerprint density at radius 2 is 2.38 bits per heavy atom. The number of thiazole rings is 1. The van der Waals surface area contributed by atoms with Crippen LogP contribution in [0, 0.1) is 0 Å². The zero-order chi connectivity index (χ0) is 11.4. The molecular formula is C11H14N2OS2. The van der Waals surface area contributed by atoms with E-state index in [4.69, 9.17) is 4.74 Å². The molecule has 2 heterocycles. The quantitative estimate of drug-likeness (QED) is 0.891. The van der Waals surface area contributed by atoms with Crippen LogP contribution in [0.5, 0.6) is 5.75 Å². The summed E-state index contributed by atoms with van der Waals surface area (Å²) < 4.78 is 5.19. The molecule has 1 atom stereocenters. The van der Waals surface area contributed by atoms with E-state index in [-0.39, 0.29) is 0 Å². The first-order chi connectivity index (χ1) is 7.83. The Morgan fingerprint density at radius 1 is 1.50 bits per heavy atom. The van der Waals surface area contributed by atoms with Gasteiger partial charge in [-0.3, -0.25) is 0 Å². The second kappa shape index (κ2) is 5.43. The van der Waals surface area contributed by atoms with Gasteiger partial charge < -0.3 is 10.1 Å². The predicted molar refractivity (Wildman–Crippen MR) is 68.5 cm³/mol. The predicted octanol–water partition coefficient (Wildman–Crippen LogP) is 2.72. The molecule has 1 N–H and O–H groups in total. The Balaban J connectivity index is 2.10. The van der Waals surface area contributed by atoms with Crippen LogP contribution in [0.2, 0.25) is 0 Å². The van der Waals surface area contributed by atoms with Crippen LogP contribution in [-0.4, -0.2) is 19.1 Å². The van der Waals surface area contributed by atoms with Gasteiger partial charge in [0.15, 0.2) is 0 Å². The van der Waals surface area contributed by atoms with Crippen molar-refractivity contribution in [3.8, 4) is 5.75 Å². The molecule has 1 unspecified atom stereocenters. The number of hydrogen-bond donors (Lipinski definition) is 1. The van der Waals surface area contributed by atoms with Crippen molar-refractivity contribution in [2.24, 2.45) is 0 Å². The lowest BCUT2D eigenvalue weighted by atomic mass is 10.2. The molecule has 16 heavy (non-hydrogen) atoms. The molecule has 2 aromatic rings. The minimum absolute atomic E-state index is 0.319. The number of likely N-dealkylation sites (N-methyl/N-ethyl adjacent to an activating group) is 1. The largest absolute Gasteiger partial charge is 0.496 e. The van der Waals surface area contributed by atoms with E-state index in [0.29, 0.717) is 6.04 Å². The number of aromatic nitrogens is 1. The smallest absolute Gasteiger partial charge is 0.129 e. The van der Waals surface area contributed by atoms with E-state index < -0.39 is 0 Å². The molecule has 86 valence electrons. The molecule has 0 aliphatic heterocycles. The molecule has 2 aromatic heterocycles. The van der Waals surface area contributed by atoms with Crippen molar-refractivity contribution in [2.45, 2.75) is 12.5 Å². The van der Waals surface area contributed by atoms with Gasteiger partial charge in [-0.25, -0.2) is 4.98 Å². The molecule has 3 nitrogen and oxygen atoms in total. The molecule has 0 saturated carbocycles. The third-order valence-corrected chi connectivity index (χ3v) is 4.21. The van der Waals surface area contributed by atoms with Crippen molar-refractivity contribution >= 4 is 22.7 Å². The van der Waals surface area contributed by atoms with Crippen molar-refractivity contribution in [3.05, 3.63) is 32.9 Å². The highest BCUT2D eigenvalue weighted by molar-refractivity contribution is 7.10. The summed E-state index contributed by atoms with van der Waals surface area (Å²) in [4.78, 5) is 5.59. The summed E-state index contributed by atoms with van der Waals surface area (Å²) in [5.74, 6) is 0.930. The zero-order valence-electron chi connectivity index (χ0n) is 9.27.